The summed E-state index contributed by atoms with van der Waals surface area (Å²) in [5.74, 6) is -1.27. The van der Waals surface area contributed by atoms with E-state index < -0.39 is 5.91 Å². The predicted octanol–water partition coefficient (Wildman–Crippen LogP) is 4.44. The molecule has 0 fully saturated rings. The van der Waals surface area contributed by atoms with Gasteiger partial charge in [-0.3, -0.25) is 19.3 Å². The van der Waals surface area contributed by atoms with Gasteiger partial charge >= 0.3 is 0 Å². The van der Waals surface area contributed by atoms with Gasteiger partial charge in [-0.2, -0.15) is 4.99 Å². The molecular formula is C23H15BrClN3O3. The molecule has 0 aliphatic carbocycles. The molecule has 4 rings (SSSR count). The number of imide groups is 1. The van der Waals surface area contributed by atoms with Crippen molar-refractivity contribution in [3.63, 3.8) is 0 Å². The van der Waals surface area contributed by atoms with Gasteiger partial charge in [0.25, 0.3) is 17.7 Å². The smallest absolute Gasteiger partial charge is 0.280 e. The van der Waals surface area contributed by atoms with E-state index in [2.05, 4.69) is 20.9 Å². The number of carbonyl (C=O) groups excluding carboxylic acids is 3. The monoisotopic (exact) mass is 495 g/mol. The molecule has 0 saturated heterocycles. The first-order valence-corrected chi connectivity index (χ1v) is 10.4. The zero-order chi connectivity index (χ0) is 22.1. The first kappa shape index (κ1) is 21.0. The molecule has 3 amide bonds. The van der Waals surface area contributed by atoms with Crippen LogP contribution >= 0.6 is 27.5 Å². The number of hydrogen-bond acceptors (Lipinski definition) is 3. The fourth-order valence-electron chi connectivity index (χ4n) is 3.28. The summed E-state index contributed by atoms with van der Waals surface area (Å²) in [5.41, 5.74) is 8.19. The average molecular weight is 497 g/mol. The van der Waals surface area contributed by atoms with Gasteiger partial charge in [-0.05, 0) is 42.0 Å². The molecule has 6 nitrogen and oxygen atoms in total. The van der Waals surface area contributed by atoms with Gasteiger partial charge in [0.15, 0.2) is 0 Å². The Morgan fingerprint density at radius 3 is 2.23 bits per heavy atom. The number of benzene rings is 3. The van der Waals surface area contributed by atoms with Crippen LogP contribution in [-0.4, -0.2) is 28.5 Å². The van der Waals surface area contributed by atoms with E-state index in [1.54, 1.807) is 66.7 Å². The molecule has 3 aromatic rings. The second-order valence-corrected chi connectivity index (χ2v) is 8.09. The lowest BCUT2D eigenvalue weighted by Gasteiger charge is -2.16. The third-order valence-electron chi connectivity index (χ3n) is 4.87. The minimum Gasteiger partial charge on any atom is -0.383 e. The second-order valence-electron chi connectivity index (χ2n) is 6.83. The van der Waals surface area contributed by atoms with Crippen LogP contribution in [0.4, 0.5) is 0 Å². The first-order chi connectivity index (χ1) is 14.9. The second kappa shape index (κ2) is 8.45. The highest BCUT2D eigenvalue weighted by Gasteiger charge is 2.35. The summed E-state index contributed by atoms with van der Waals surface area (Å²) in [6, 6.07) is 18.4. The lowest BCUT2D eigenvalue weighted by Crippen LogP contribution is -2.29. The molecule has 0 bridgehead atoms. The molecule has 1 aliphatic rings. The lowest BCUT2D eigenvalue weighted by molar-refractivity contribution is 0.0641. The molecule has 0 radical (unpaired) electrons. The van der Waals surface area contributed by atoms with Crippen molar-refractivity contribution < 1.29 is 14.4 Å². The zero-order valence-electron chi connectivity index (χ0n) is 16.0. The molecule has 8 heteroatoms. The number of rotatable bonds is 4. The highest BCUT2D eigenvalue weighted by Crippen LogP contribution is 2.27. The third kappa shape index (κ3) is 4.02. The van der Waals surface area contributed by atoms with Crippen molar-refractivity contribution in [3.8, 4) is 0 Å². The van der Waals surface area contributed by atoms with Gasteiger partial charge in [0.2, 0.25) is 0 Å². The maximum Gasteiger partial charge on any atom is 0.280 e. The van der Waals surface area contributed by atoms with E-state index in [1.807, 2.05) is 0 Å². The van der Waals surface area contributed by atoms with Crippen LogP contribution < -0.4 is 5.73 Å². The zero-order valence-corrected chi connectivity index (χ0v) is 18.4. The third-order valence-corrected chi connectivity index (χ3v) is 5.98. The Morgan fingerprint density at radius 1 is 0.968 bits per heavy atom. The Kier molecular flexibility index (Phi) is 5.71. The standard InChI is InChI=1S/C23H15BrClN3O3/c24-18-10-9-13(20(26)27-21(29)17-7-3-4-8-19(17)25)11-14(18)12-28-22(30)15-5-1-2-6-16(15)23(28)31/h1-11H,12H2,(H2,26,27,29). The number of amidine groups is 1. The maximum absolute atomic E-state index is 12.7. The summed E-state index contributed by atoms with van der Waals surface area (Å²) in [4.78, 5) is 42.9. The van der Waals surface area contributed by atoms with Crippen molar-refractivity contribution in [2.24, 2.45) is 10.7 Å². The largest absolute Gasteiger partial charge is 0.383 e. The van der Waals surface area contributed by atoms with Crippen LogP contribution in [0.25, 0.3) is 0 Å². The molecule has 2 N–H and O–H groups in total. The van der Waals surface area contributed by atoms with Crippen molar-refractivity contribution >= 4 is 51.1 Å². The predicted molar refractivity (Wildman–Crippen MR) is 121 cm³/mol. The summed E-state index contributed by atoms with van der Waals surface area (Å²) in [5, 5.41) is 0.283. The van der Waals surface area contributed by atoms with Gasteiger partial charge in [-0.1, -0.05) is 57.9 Å². The molecule has 1 aliphatic heterocycles. The molecular weight excluding hydrogens is 482 g/mol. The van der Waals surface area contributed by atoms with Crippen molar-refractivity contribution in [1.29, 1.82) is 0 Å². The first-order valence-electron chi connectivity index (χ1n) is 9.24. The number of hydrogen-bond donors (Lipinski definition) is 1. The fraction of sp³-hybridized carbons (Fsp3) is 0.0435. The quantitative estimate of drug-likeness (QED) is 0.328. The fourth-order valence-corrected chi connectivity index (χ4v) is 3.87. The number of halogens is 2. The SMILES string of the molecule is NC(=NC(=O)c1ccccc1Cl)c1ccc(Br)c(CN2C(=O)c3ccccc3C2=O)c1. The summed E-state index contributed by atoms with van der Waals surface area (Å²) in [6.45, 7) is 0.0481. The molecule has 154 valence electrons. The lowest BCUT2D eigenvalue weighted by atomic mass is 10.1. The summed E-state index contributed by atoms with van der Waals surface area (Å²) in [7, 11) is 0. The van der Waals surface area contributed by atoms with Crippen molar-refractivity contribution in [2.75, 3.05) is 0 Å². The van der Waals surface area contributed by atoms with E-state index in [1.165, 1.54) is 4.90 Å². The Bertz CT molecular complexity index is 1240. The Labute approximate surface area is 191 Å². The van der Waals surface area contributed by atoms with Crippen LogP contribution in [-0.2, 0) is 6.54 Å². The van der Waals surface area contributed by atoms with E-state index in [-0.39, 0.29) is 34.8 Å². The highest BCUT2D eigenvalue weighted by atomic mass is 79.9. The Morgan fingerprint density at radius 2 is 1.58 bits per heavy atom. The van der Waals surface area contributed by atoms with Crippen LogP contribution in [0.5, 0.6) is 0 Å². The number of aliphatic imine (C=N–C) groups is 1. The van der Waals surface area contributed by atoms with E-state index in [0.717, 1.165) is 0 Å². The summed E-state index contributed by atoms with van der Waals surface area (Å²) >= 11 is 9.49. The molecule has 0 unspecified atom stereocenters. The molecule has 0 aromatic heterocycles. The Balaban J connectivity index is 1.61. The van der Waals surface area contributed by atoms with Crippen LogP contribution in [0.1, 0.15) is 42.2 Å². The van der Waals surface area contributed by atoms with Gasteiger partial charge < -0.3 is 5.73 Å². The van der Waals surface area contributed by atoms with Gasteiger partial charge in [-0.25, -0.2) is 0 Å². The molecule has 0 saturated carbocycles. The molecule has 3 aromatic carbocycles. The number of fused-ring (bicyclic) bond motifs is 1. The minimum absolute atomic E-state index is 0.000954. The van der Waals surface area contributed by atoms with E-state index in [4.69, 9.17) is 17.3 Å². The highest BCUT2D eigenvalue weighted by molar-refractivity contribution is 9.10. The van der Waals surface area contributed by atoms with E-state index >= 15 is 0 Å². The van der Waals surface area contributed by atoms with Crippen LogP contribution in [0, 0.1) is 0 Å². The normalized spacial score (nSPS) is 13.5. The number of carbonyl (C=O) groups is 3. The number of nitrogens with two attached hydrogens (primary N) is 1. The molecule has 31 heavy (non-hydrogen) atoms. The van der Waals surface area contributed by atoms with Crippen molar-refractivity contribution in [1.82, 2.24) is 4.90 Å². The summed E-state index contributed by atoms with van der Waals surface area (Å²) < 4.78 is 0.693. The average Bonchev–Trinajstić information content (AvgIpc) is 3.00. The topological polar surface area (TPSA) is 92.8 Å². The van der Waals surface area contributed by atoms with Crippen LogP contribution in [0.15, 0.2) is 76.2 Å². The maximum atomic E-state index is 12.7. The van der Waals surface area contributed by atoms with Gasteiger partial charge in [-0.15, -0.1) is 0 Å². The molecule has 1 heterocycles. The van der Waals surface area contributed by atoms with E-state index in [0.29, 0.717) is 26.7 Å². The minimum atomic E-state index is -0.562. The van der Waals surface area contributed by atoms with Crippen LogP contribution in [0.3, 0.4) is 0 Å². The van der Waals surface area contributed by atoms with Crippen molar-refractivity contribution in [2.45, 2.75) is 6.54 Å². The number of amides is 3. The summed E-state index contributed by atoms with van der Waals surface area (Å²) in [6.07, 6.45) is 0. The molecule has 0 atom stereocenters. The van der Waals surface area contributed by atoms with Crippen LogP contribution in [0.2, 0.25) is 5.02 Å². The van der Waals surface area contributed by atoms with Gasteiger partial charge in [0.1, 0.15) is 5.84 Å². The van der Waals surface area contributed by atoms with Crippen molar-refractivity contribution in [3.05, 3.63) is 104 Å². The number of nitrogens with zero attached hydrogens (tertiary/aromatic N) is 2. The van der Waals surface area contributed by atoms with Gasteiger partial charge in [0.05, 0.1) is 28.3 Å². The Hall–Kier alpha value is -3.29. The van der Waals surface area contributed by atoms with E-state index in [9.17, 15) is 14.4 Å². The van der Waals surface area contributed by atoms with Gasteiger partial charge in [0, 0.05) is 10.0 Å². The molecule has 0 spiro atoms.